The van der Waals surface area contributed by atoms with Crippen LogP contribution in [-0.2, 0) is 19.5 Å². The lowest BCUT2D eigenvalue weighted by Gasteiger charge is -2.15. The lowest BCUT2D eigenvalue weighted by Crippen LogP contribution is -2.35. The van der Waals surface area contributed by atoms with Gasteiger partial charge in [-0.2, -0.15) is 0 Å². The third kappa shape index (κ3) is 4.68. The molecule has 2 N–H and O–H groups in total. The van der Waals surface area contributed by atoms with Crippen molar-refractivity contribution in [3.8, 4) is 0 Å². The number of rotatable bonds is 8. The van der Waals surface area contributed by atoms with Gasteiger partial charge in [-0.3, -0.25) is 19.4 Å². The fourth-order valence-corrected chi connectivity index (χ4v) is 4.32. The Morgan fingerprint density at radius 3 is 2.72 bits per heavy atom. The van der Waals surface area contributed by atoms with Crippen LogP contribution in [0.2, 0.25) is 0 Å². The van der Waals surface area contributed by atoms with Gasteiger partial charge < -0.3 is 14.5 Å². The fourth-order valence-electron chi connectivity index (χ4n) is 4.32. The summed E-state index contributed by atoms with van der Waals surface area (Å²) < 4.78 is 5.11. The molecule has 0 atom stereocenters. The van der Waals surface area contributed by atoms with Crippen LogP contribution in [-0.4, -0.2) is 36.0 Å². The minimum absolute atomic E-state index is 0.0358. The lowest BCUT2D eigenvalue weighted by atomic mass is 10.1. The number of aromatic nitrogens is 5. The number of nitrogens with zero attached hydrogens (tertiary/aromatic N) is 5. The molecule has 0 saturated heterocycles. The summed E-state index contributed by atoms with van der Waals surface area (Å²) in [5.41, 5.74) is 2.87. The zero-order valence-electron chi connectivity index (χ0n) is 20.0. The summed E-state index contributed by atoms with van der Waals surface area (Å²) in [6, 6.07) is 15.1. The highest BCUT2D eigenvalue weighted by atomic mass is 16.1. The summed E-state index contributed by atoms with van der Waals surface area (Å²) in [6.07, 6.45) is 8.42. The fraction of sp³-hybridized carbons (Fsp3) is 0.222. The molecule has 36 heavy (non-hydrogen) atoms. The van der Waals surface area contributed by atoms with E-state index >= 15 is 0 Å². The zero-order valence-corrected chi connectivity index (χ0v) is 20.0. The Hall–Kier alpha value is -4.53. The van der Waals surface area contributed by atoms with E-state index in [1.807, 2.05) is 54.1 Å². The van der Waals surface area contributed by atoms with E-state index in [0.29, 0.717) is 49.2 Å². The molecule has 0 fully saturated rings. The molecule has 1 aromatic carbocycles. The Morgan fingerprint density at radius 1 is 1.11 bits per heavy atom. The van der Waals surface area contributed by atoms with E-state index in [1.165, 1.54) is 10.5 Å². The second-order valence-electron chi connectivity index (χ2n) is 8.79. The standard InChI is InChI=1S/C27H27N7O2/c1-19-8-9-23-31-25-22(27(36)34(23)17-19)16-21(26(35)30-11-10-20-6-3-2-4-7-20)24(28)33(25)14-5-13-32-15-12-29-18-32/h2-4,6-9,12,15-18,28H,5,10-11,13-14H2,1H3,(H,30,35). The number of pyridine rings is 2. The van der Waals surface area contributed by atoms with Gasteiger partial charge in [-0.15, -0.1) is 0 Å². The molecule has 0 aliphatic rings. The highest BCUT2D eigenvalue weighted by molar-refractivity contribution is 5.96. The van der Waals surface area contributed by atoms with Crippen molar-refractivity contribution in [2.45, 2.75) is 32.9 Å². The predicted molar refractivity (Wildman–Crippen MR) is 137 cm³/mol. The normalized spacial score (nSPS) is 11.2. The van der Waals surface area contributed by atoms with Gasteiger partial charge in [0.2, 0.25) is 0 Å². The molecule has 0 radical (unpaired) electrons. The van der Waals surface area contributed by atoms with Gasteiger partial charge in [0.15, 0.2) is 0 Å². The van der Waals surface area contributed by atoms with E-state index in [-0.39, 0.29) is 22.5 Å². The molecule has 182 valence electrons. The van der Waals surface area contributed by atoms with E-state index in [0.717, 1.165) is 11.1 Å². The third-order valence-electron chi connectivity index (χ3n) is 6.20. The molecule has 0 aliphatic carbocycles. The molecule has 0 aliphatic heterocycles. The molecule has 4 aromatic heterocycles. The number of imidazole rings is 1. The maximum atomic E-state index is 13.4. The van der Waals surface area contributed by atoms with Gasteiger partial charge in [-0.05, 0) is 43.0 Å². The Balaban J connectivity index is 1.53. The minimum atomic E-state index is -0.380. The summed E-state index contributed by atoms with van der Waals surface area (Å²) in [7, 11) is 0. The Morgan fingerprint density at radius 2 is 1.94 bits per heavy atom. The first kappa shape index (κ1) is 23.2. The summed E-state index contributed by atoms with van der Waals surface area (Å²) in [5, 5.41) is 12.1. The first-order chi connectivity index (χ1) is 17.5. The molecular formula is C27H27N7O2. The number of nitrogens with one attached hydrogen (secondary N) is 2. The van der Waals surface area contributed by atoms with Gasteiger partial charge in [0, 0.05) is 38.2 Å². The number of amides is 1. The Kier molecular flexibility index (Phi) is 6.44. The number of carbonyl (C=O) groups is 1. The quantitative estimate of drug-likeness (QED) is 0.332. The van der Waals surface area contributed by atoms with Crippen LogP contribution in [0.4, 0.5) is 0 Å². The number of hydrogen-bond acceptors (Lipinski definition) is 5. The van der Waals surface area contributed by atoms with Crippen LogP contribution < -0.4 is 16.4 Å². The Labute approximate surface area is 207 Å². The number of fused-ring (bicyclic) bond motifs is 2. The maximum absolute atomic E-state index is 13.4. The van der Waals surface area contributed by atoms with Crippen molar-refractivity contribution in [3.63, 3.8) is 0 Å². The van der Waals surface area contributed by atoms with Crippen LogP contribution in [0.3, 0.4) is 0 Å². The van der Waals surface area contributed by atoms with Gasteiger partial charge in [0.1, 0.15) is 16.8 Å². The number of benzene rings is 1. The lowest BCUT2D eigenvalue weighted by molar-refractivity contribution is 0.0951. The molecule has 5 rings (SSSR count). The van der Waals surface area contributed by atoms with Crippen LogP contribution in [0, 0.1) is 12.3 Å². The first-order valence-corrected chi connectivity index (χ1v) is 11.9. The van der Waals surface area contributed by atoms with Crippen molar-refractivity contribution in [1.82, 2.24) is 28.8 Å². The average Bonchev–Trinajstić information content (AvgIpc) is 3.40. The minimum Gasteiger partial charge on any atom is -0.352 e. The second-order valence-corrected chi connectivity index (χ2v) is 8.79. The first-order valence-electron chi connectivity index (χ1n) is 11.9. The largest absolute Gasteiger partial charge is 0.352 e. The highest BCUT2D eigenvalue weighted by Gasteiger charge is 2.17. The van der Waals surface area contributed by atoms with Crippen molar-refractivity contribution in [2.75, 3.05) is 6.54 Å². The van der Waals surface area contributed by atoms with Gasteiger partial charge in [0.25, 0.3) is 11.5 Å². The monoisotopic (exact) mass is 481 g/mol. The van der Waals surface area contributed by atoms with Crippen molar-refractivity contribution >= 4 is 22.6 Å². The van der Waals surface area contributed by atoms with Gasteiger partial charge in [-0.1, -0.05) is 36.4 Å². The molecule has 0 saturated carbocycles. The number of carbonyl (C=O) groups excluding carboxylic acids is 1. The summed E-state index contributed by atoms with van der Waals surface area (Å²) in [6.45, 7) is 3.44. The van der Waals surface area contributed by atoms with E-state index in [1.54, 1.807) is 29.4 Å². The topological polar surface area (TPSA) is 110 Å². The molecule has 0 bridgehead atoms. The second kappa shape index (κ2) is 9.99. The number of aryl methyl sites for hydroxylation is 3. The van der Waals surface area contributed by atoms with Crippen LogP contribution in [0.25, 0.3) is 16.7 Å². The van der Waals surface area contributed by atoms with E-state index in [9.17, 15) is 9.59 Å². The van der Waals surface area contributed by atoms with Crippen LogP contribution in [0.15, 0.2) is 78.2 Å². The maximum Gasteiger partial charge on any atom is 0.267 e. The zero-order chi connectivity index (χ0) is 25.1. The molecular weight excluding hydrogens is 454 g/mol. The summed E-state index contributed by atoms with van der Waals surface area (Å²) in [4.78, 5) is 35.4. The van der Waals surface area contributed by atoms with Crippen molar-refractivity contribution < 1.29 is 4.79 Å². The SMILES string of the molecule is Cc1ccc2nc3c(cc(C(=O)NCCc4ccccc4)c(=N)n3CCCn3ccnc3)c(=O)n2c1. The predicted octanol–water partition coefficient (Wildman–Crippen LogP) is 2.70. The Bertz CT molecular complexity index is 1650. The average molecular weight is 482 g/mol. The molecule has 4 heterocycles. The van der Waals surface area contributed by atoms with Crippen molar-refractivity contribution in [1.29, 1.82) is 5.41 Å². The van der Waals surface area contributed by atoms with E-state index < -0.39 is 0 Å². The summed E-state index contributed by atoms with van der Waals surface area (Å²) in [5.74, 6) is -0.380. The van der Waals surface area contributed by atoms with Crippen LogP contribution in [0.1, 0.15) is 27.9 Å². The molecule has 1 amide bonds. The molecule has 9 heteroatoms. The van der Waals surface area contributed by atoms with Gasteiger partial charge in [-0.25, -0.2) is 9.97 Å². The van der Waals surface area contributed by atoms with E-state index in [4.69, 9.17) is 10.4 Å². The third-order valence-corrected chi connectivity index (χ3v) is 6.20. The van der Waals surface area contributed by atoms with Crippen LogP contribution >= 0.6 is 0 Å². The van der Waals surface area contributed by atoms with Gasteiger partial charge >= 0.3 is 0 Å². The highest BCUT2D eigenvalue weighted by Crippen LogP contribution is 2.12. The summed E-state index contributed by atoms with van der Waals surface area (Å²) >= 11 is 0. The van der Waals surface area contributed by atoms with Crippen LogP contribution in [0.5, 0.6) is 0 Å². The van der Waals surface area contributed by atoms with E-state index in [2.05, 4.69) is 10.3 Å². The molecule has 5 aromatic rings. The molecule has 0 unspecified atom stereocenters. The molecule has 9 nitrogen and oxygen atoms in total. The molecule has 0 spiro atoms. The van der Waals surface area contributed by atoms with Crippen molar-refractivity contribution in [2.24, 2.45) is 0 Å². The van der Waals surface area contributed by atoms with Crippen molar-refractivity contribution in [3.05, 3.63) is 106 Å². The number of hydrogen-bond donors (Lipinski definition) is 2. The van der Waals surface area contributed by atoms with Gasteiger partial charge in [0.05, 0.1) is 17.3 Å². The smallest absolute Gasteiger partial charge is 0.267 e.